The summed E-state index contributed by atoms with van der Waals surface area (Å²) in [6.07, 6.45) is -4.15. The van der Waals surface area contributed by atoms with E-state index in [1.807, 2.05) is 0 Å². The van der Waals surface area contributed by atoms with Gasteiger partial charge in [0.1, 0.15) is 0 Å². The second-order valence-electron chi connectivity index (χ2n) is 6.92. The molecule has 1 aliphatic heterocycles. The van der Waals surface area contributed by atoms with Crippen LogP contribution in [0.1, 0.15) is 29.5 Å². The van der Waals surface area contributed by atoms with E-state index in [-0.39, 0.29) is 23.6 Å². The number of primary amides is 1. The predicted octanol–water partition coefficient (Wildman–Crippen LogP) is 3.52. The van der Waals surface area contributed by atoms with E-state index >= 15 is 0 Å². The van der Waals surface area contributed by atoms with Crippen molar-refractivity contribution in [3.8, 4) is 6.07 Å². The molecule has 1 heterocycles. The average molecular weight is 446 g/mol. The first kappa shape index (κ1) is 22.2. The maximum atomic E-state index is 13.4. The molecule has 2 amide bonds. The van der Waals surface area contributed by atoms with E-state index in [2.05, 4.69) is 0 Å². The van der Waals surface area contributed by atoms with Crippen LogP contribution in [-0.4, -0.2) is 23.5 Å². The van der Waals surface area contributed by atoms with Crippen LogP contribution in [0, 0.1) is 11.3 Å². The fourth-order valence-electron chi connectivity index (χ4n) is 3.32. The molecule has 0 radical (unpaired) electrons. The van der Waals surface area contributed by atoms with Gasteiger partial charge in [-0.2, -0.15) is 18.4 Å². The Labute approximate surface area is 181 Å². The second kappa shape index (κ2) is 8.73. The Morgan fingerprint density at radius 2 is 1.81 bits per heavy atom. The van der Waals surface area contributed by atoms with E-state index in [1.54, 1.807) is 29.2 Å². The number of nitriles is 1. The quantitative estimate of drug-likeness (QED) is 0.726. The second-order valence-corrected chi connectivity index (χ2v) is 7.28. The highest BCUT2D eigenvalue weighted by Crippen LogP contribution is 2.35. The molecule has 0 spiro atoms. The number of benzene rings is 2. The molecule has 3 rings (SSSR count). The smallest absolute Gasteiger partial charge is 0.369 e. The molecule has 31 heavy (non-hydrogen) atoms. The van der Waals surface area contributed by atoms with Crippen LogP contribution in [-0.2, 0) is 22.2 Å². The molecule has 2 N–H and O–H groups in total. The van der Waals surface area contributed by atoms with Crippen LogP contribution in [0.25, 0.3) is 0 Å². The molecule has 0 aliphatic carbocycles. The number of carbonyl (C=O) groups is 2. The molecule has 160 valence electrons. The molecule has 0 bridgehead atoms. The van der Waals surface area contributed by atoms with E-state index in [4.69, 9.17) is 23.2 Å². The summed E-state index contributed by atoms with van der Waals surface area (Å²) in [6, 6.07) is 11.4. The number of carbonyl (C=O) groups excluding carboxylic acids is 2. The third-order valence-electron chi connectivity index (χ3n) is 4.76. The number of nitrogens with zero attached hydrogens (tertiary/aromatic N) is 3. The number of anilines is 2. The Balaban J connectivity index is 1.99. The molecule has 2 aromatic rings. The first-order chi connectivity index (χ1) is 14.6. The third kappa shape index (κ3) is 4.83. The molecular formula is C21H17F3N4O2S. The highest BCUT2D eigenvalue weighted by Gasteiger charge is 2.36. The van der Waals surface area contributed by atoms with Gasteiger partial charge in [0.25, 0.3) is 0 Å². The lowest BCUT2D eigenvalue weighted by molar-refractivity contribution is -0.137. The number of halogens is 3. The van der Waals surface area contributed by atoms with E-state index in [9.17, 15) is 22.8 Å². The van der Waals surface area contributed by atoms with Gasteiger partial charge in [0.15, 0.2) is 5.11 Å². The Morgan fingerprint density at radius 1 is 1.16 bits per heavy atom. The van der Waals surface area contributed by atoms with E-state index in [0.717, 1.165) is 17.0 Å². The van der Waals surface area contributed by atoms with Gasteiger partial charge in [0.2, 0.25) is 11.8 Å². The number of rotatable bonds is 4. The normalized spacial score (nSPS) is 14.9. The van der Waals surface area contributed by atoms with Gasteiger partial charge in [-0.15, -0.1) is 0 Å². The van der Waals surface area contributed by atoms with Gasteiger partial charge < -0.3 is 10.6 Å². The fourth-order valence-corrected chi connectivity index (χ4v) is 3.72. The lowest BCUT2D eigenvalue weighted by atomic mass is 10.1. The zero-order valence-electron chi connectivity index (χ0n) is 16.1. The molecule has 0 saturated carbocycles. The van der Waals surface area contributed by atoms with Gasteiger partial charge in [-0.1, -0.05) is 12.1 Å². The van der Waals surface area contributed by atoms with Crippen molar-refractivity contribution in [2.24, 2.45) is 5.73 Å². The van der Waals surface area contributed by atoms with Crippen molar-refractivity contribution in [3.63, 3.8) is 0 Å². The minimum atomic E-state index is -4.76. The van der Waals surface area contributed by atoms with Crippen molar-refractivity contribution in [1.82, 2.24) is 0 Å². The molecule has 0 unspecified atom stereocenters. The summed E-state index contributed by atoms with van der Waals surface area (Å²) in [5.74, 6) is -0.910. The van der Waals surface area contributed by atoms with Crippen LogP contribution in [0.3, 0.4) is 0 Å². The fraction of sp³-hybridized carbons (Fsp3) is 0.238. The lowest BCUT2D eigenvalue weighted by Crippen LogP contribution is -2.44. The van der Waals surface area contributed by atoms with Gasteiger partial charge in [-0.25, -0.2) is 0 Å². The van der Waals surface area contributed by atoms with Crippen molar-refractivity contribution in [1.29, 1.82) is 5.26 Å². The van der Waals surface area contributed by atoms with Crippen LogP contribution in [0.2, 0.25) is 0 Å². The standard InChI is InChI=1S/C21H17F3N4O2S/c22-21(23,24)17-11-16(8-5-14(17)12-25)28-19(30)2-1-9-27(20(28)31)15-6-3-13(4-7-15)10-18(26)29/h3-8,11H,1-2,9-10H2,(H2,26,29). The molecule has 2 aromatic carbocycles. The number of alkyl halides is 3. The summed E-state index contributed by atoms with van der Waals surface area (Å²) >= 11 is 5.49. The predicted molar refractivity (Wildman–Crippen MR) is 112 cm³/mol. The zero-order chi connectivity index (χ0) is 22.8. The van der Waals surface area contributed by atoms with Crippen LogP contribution in [0.15, 0.2) is 42.5 Å². The van der Waals surface area contributed by atoms with Crippen LogP contribution in [0.4, 0.5) is 24.5 Å². The van der Waals surface area contributed by atoms with E-state index in [1.165, 1.54) is 12.1 Å². The molecule has 0 atom stereocenters. The number of hydrogen-bond acceptors (Lipinski definition) is 4. The number of nitrogens with two attached hydrogens (primary N) is 1. The highest BCUT2D eigenvalue weighted by molar-refractivity contribution is 7.81. The van der Waals surface area contributed by atoms with Crippen LogP contribution in [0.5, 0.6) is 0 Å². The Bertz CT molecular complexity index is 1080. The van der Waals surface area contributed by atoms with Crippen molar-refractivity contribution in [2.45, 2.75) is 25.4 Å². The average Bonchev–Trinajstić information content (AvgIpc) is 2.85. The van der Waals surface area contributed by atoms with Crippen molar-refractivity contribution >= 4 is 40.5 Å². The van der Waals surface area contributed by atoms with Gasteiger partial charge in [0, 0.05) is 18.7 Å². The Kier molecular flexibility index (Phi) is 6.27. The number of hydrogen-bond donors (Lipinski definition) is 1. The molecule has 10 heteroatoms. The number of thiocarbonyl (C=S) groups is 1. The summed E-state index contributed by atoms with van der Waals surface area (Å²) in [5, 5.41) is 9.04. The molecular weight excluding hydrogens is 429 g/mol. The summed E-state index contributed by atoms with van der Waals surface area (Å²) in [6.45, 7) is 0.388. The maximum Gasteiger partial charge on any atom is 0.417 e. The maximum absolute atomic E-state index is 13.4. The summed E-state index contributed by atoms with van der Waals surface area (Å²) in [7, 11) is 0. The molecule has 0 aromatic heterocycles. The summed E-state index contributed by atoms with van der Waals surface area (Å²) in [4.78, 5) is 26.5. The number of amides is 2. The summed E-state index contributed by atoms with van der Waals surface area (Å²) < 4.78 is 40.2. The molecule has 6 nitrogen and oxygen atoms in total. The molecule has 1 saturated heterocycles. The van der Waals surface area contributed by atoms with Crippen molar-refractivity contribution in [2.75, 3.05) is 16.3 Å². The molecule has 1 aliphatic rings. The SMILES string of the molecule is N#Cc1ccc(N2C(=O)CCCN(c3ccc(CC(N)=O)cc3)C2=S)cc1C(F)(F)F. The van der Waals surface area contributed by atoms with Gasteiger partial charge >= 0.3 is 6.18 Å². The zero-order valence-corrected chi connectivity index (χ0v) is 17.0. The van der Waals surface area contributed by atoms with Crippen molar-refractivity contribution < 1.29 is 22.8 Å². The first-order valence-electron chi connectivity index (χ1n) is 9.25. The van der Waals surface area contributed by atoms with E-state index < -0.39 is 29.1 Å². The van der Waals surface area contributed by atoms with Crippen molar-refractivity contribution in [3.05, 3.63) is 59.2 Å². The van der Waals surface area contributed by atoms with Crippen LogP contribution < -0.4 is 15.5 Å². The Morgan fingerprint density at radius 3 is 2.39 bits per heavy atom. The van der Waals surface area contributed by atoms with Gasteiger partial charge in [0.05, 0.1) is 29.3 Å². The molecule has 1 fully saturated rings. The minimum Gasteiger partial charge on any atom is -0.369 e. The first-order valence-corrected chi connectivity index (χ1v) is 9.65. The third-order valence-corrected chi connectivity index (χ3v) is 5.16. The summed E-state index contributed by atoms with van der Waals surface area (Å²) in [5.41, 5.74) is 4.80. The van der Waals surface area contributed by atoms with Crippen LogP contribution >= 0.6 is 12.2 Å². The topological polar surface area (TPSA) is 90.4 Å². The minimum absolute atomic E-state index is 0.0305. The highest BCUT2D eigenvalue weighted by atomic mass is 32.1. The van der Waals surface area contributed by atoms with Gasteiger partial charge in [-0.3, -0.25) is 14.5 Å². The van der Waals surface area contributed by atoms with Gasteiger partial charge in [-0.05, 0) is 54.5 Å². The lowest BCUT2D eigenvalue weighted by Gasteiger charge is -2.30. The van der Waals surface area contributed by atoms with E-state index in [0.29, 0.717) is 24.2 Å². The Hall–Kier alpha value is -3.45. The largest absolute Gasteiger partial charge is 0.417 e. The monoisotopic (exact) mass is 446 g/mol.